The predicted molar refractivity (Wildman–Crippen MR) is 94.9 cm³/mol. The normalized spacial score (nSPS) is 22.0. The van der Waals surface area contributed by atoms with Crippen LogP contribution in [0.25, 0.3) is 0 Å². The molecule has 1 aliphatic heterocycles. The number of nitrogens with zero attached hydrogens (tertiary/aromatic N) is 1. The highest BCUT2D eigenvalue weighted by atomic mass is 16.5. The van der Waals surface area contributed by atoms with Crippen molar-refractivity contribution in [3.8, 4) is 5.75 Å². The number of likely N-dealkylation sites (tertiary alicyclic amines) is 1. The molecule has 0 aliphatic carbocycles. The van der Waals surface area contributed by atoms with Gasteiger partial charge in [-0.3, -0.25) is 0 Å². The molecule has 1 aliphatic rings. The fourth-order valence-electron chi connectivity index (χ4n) is 3.44. The van der Waals surface area contributed by atoms with Gasteiger partial charge in [0.25, 0.3) is 0 Å². The molecule has 0 amide bonds. The number of likely N-dealkylation sites (N-methyl/N-ethyl adjacent to an activating group) is 1. The summed E-state index contributed by atoms with van der Waals surface area (Å²) in [6.45, 7) is 3.17. The van der Waals surface area contributed by atoms with Gasteiger partial charge < -0.3 is 15.0 Å². The van der Waals surface area contributed by atoms with Crippen molar-refractivity contribution in [2.45, 2.75) is 24.9 Å². The number of rotatable bonds is 5. The zero-order valence-corrected chi connectivity index (χ0v) is 14.0. The first-order chi connectivity index (χ1) is 11.2. The van der Waals surface area contributed by atoms with Crippen LogP contribution in [0.1, 0.15) is 23.5 Å². The van der Waals surface area contributed by atoms with Crippen molar-refractivity contribution in [1.82, 2.24) is 10.2 Å². The lowest BCUT2D eigenvalue weighted by atomic mass is 9.88. The Kier molecular flexibility index (Phi) is 5.31. The van der Waals surface area contributed by atoms with Crippen LogP contribution >= 0.6 is 0 Å². The number of hydrogen-bond acceptors (Lipinski definition) is 3. The fraction of sp³-hybridized carbons (Fsp3) is 0.400. The summed E-state index contributed by atoms with van der Waals surface area (Å²) in [6, 6.07) is 19.7. The van der Waals surface area contributed by atoms with E-state index in [1.165, 1.54) is 17.5 Å². The summed E-state index contributed by atoms with van der Waals surface area (Å²) in [5, 5.41) is 3.72. The maximum absolute atomic E-state index is 5.26. The Balaban J connectivity index is 1.61. The molecule has 1 saturated heterocycles. The third-order valence-electron chi connectivity index (χ3n) is 4.66. The van der Waals surface area contributed by atoms with Crippen molar-refractivity contribution < 1.29 is 4.74 Å². The Hall–Kier alpha value is -1.84. The van der Waals surface area contributed by atoms with Gasteiger partial charge in [-0.1, -0.05) is 42.5 Å². The van der Waals surface area contributed by atoms with Gasteiger partial charge in [-0.2, -0.15) is 0 Å². The molecule has 122 valence electrons. The third-order valence-corrected chi connectivity index (χ3v) is 4.66. The molecule has 23 heavy (non-hydrogen) atoms. The van der Waals surface area contributed by atoms with Crippen LogP contribution in [0.15, 0.2) is 54.6 Å². The SMILES string of the molecule is COc1ccc(C2CC(NCc3ccccc3)CN(C)C2)cc1. The molecule has 0 bridgehead atoms. The molecule has 2 atom stereocenters. The summed E-state index contributed by atoms with van der Waals surface area (Å²) in [5.41, 5.74) is 2.76. The molecule has 1 fully saturated rings. The minimum atomic E-state index is 0.529. The highest BCUT2D eigenvalue weighted by molar-refractivity contribution is 5.30. The van der Waals surface area contributed by atoms with Gasteiger partial charge in [0, 0.05) is 25.7 Å². The monoisotopic (exact) mass is 310 g/mol. The van der Waals surface area contributed by atoms with Gasteiger partial charge in [-0.15, -0.1) is 0 Å². The first-order valence-electron chi connectivity index (χ1n) is 8.34. The second-order valence-corrected chi connectivity index (χ2v) is 6.49. The van der Waals surface area contributed by atoms with Crippen molar-refractivity contribution in [2.24, 2.45) is 0 Å². The number of nitrogens with one attached hydrogen (secondary N) is 1. The van der Waals surface area contributed by atoms with Gasteiger partial charge >= 0.3 is 0 Å². The molecule has 3 heteroatoms. The first-order valence-corrected chi connectivity index (χ1v) is 8.34. The molecular formula is C20H26N2O. The molecule has 0 spiro atoms. The van der Waals surface area contributed by atoms with E-state index in [1.54, 1.807) is 7.11 Å². The van der Waals surface area contributed by atoms with E-state index < -0.39 is 0 Å². The summed E-state index contributed by atoms with van der Waals surface area (Å²) < 4.78 is 5.26. The number of hydrogen-bond donors (Lipinski definition) is 1. The van der Waals surface area contributed by atoms with Crippen LogP contribution in [0.5, 0.6) is 5.75 Å². The van der Waals surface area contributed by atoms with Crippen LogP contribution in [0.4, 0.5) is 0 Å². The highest BCUT2D eigenvalue weighted by Gasteiger charge is 2.26. The highest BCUT2D eigenvalue weighted by Crippen LogP contribution is 2.28. The van der Waals surface area contributed by atoms with E-state index in [9.17, 15) is 0 Å². The molecule has 0 radical (unpaired) electrons. The lowest BCUT2D eigenvalue weighted by molar-refractivity contribution is 0.204. The second kappa shape index (κ2) is 7.62. The standard InChI is InChI=1S/C20H26N2O/c1-22-14-18(17-8-10-20(23-2)11-9-17)12-19(15-22)21-13-16-6-4-3-5-7-16/h3-11,18-19,21H,12-15H2,1-2H3. The van der Waals surface area contributed by atoms with E-state index in [-0.39, 0.29) is 0 Å². The minimum Gasteiger partial charge on any atom is -0.497 e. The van der Waals surface area contributed by atoms with Crippen LogP contribution in [0, 0.1) is 0 Å². The summed E-state index contributed by atoms with van der Waals surface area (Å²) in [7, 11) is 3.93. The molecule has 2 unspecified atom stereocenters. The quantitative estimate of drug-likeness (QED) is 0.917. The summed E-state index contributed by atoms with van der Waals surface area (Å²) in [4.78, 5) is 2.43. The van der Waals surface area contributed by atoms with Gasteiger partial charge in [0.1, 0.15) is 5.75 Å². The molecule has 1 heterocycles. The zero-order valence-electron chi connectivity index (χ0n) is 14.0. The van der Waals surface area contributed by atoms with Crippen molar-refractivity contribution in [3.63, 3.8) is 0 Å². The fourth-order valence-corrected chi connectivity index (χ4v) is 3.44. The van der Waals surface area contributed by atoms with Crippen molar-refractivity contribution in [2.75, 3.05) is 27.2 Å². The number of piperidine rings is 1. The molecule has 0 aromatic heterocycles. The van der Waals surface area contributed by atoms with Gasteiger partial charge in [-0.05, 0) is 42.6 Å². The number of benzene rings is 2. The van der Waals surface area contributed by atoms with Gasteiger partial charge in [-0.25, -0.2) is 0 Å². The van der Waals surface area contributed by atoms with Crippen LogP contribution in [-0.4, -0.2) is 38.2 Å². The van der Waals surface area contributed by atoms with Gasteiger partial charge in [0.15, 0.2) is 0 Å². The minimum absolute atomic E-state index is 0.529. The summed E-state index contributed by atoms with van der Waals surface area (Å²) >= 11 is 0. The van der Waals surface area contributed by atoms with Crippen molar-refractivity contribution >= 4 is 0 Å². The molecule has 2 aromatic rings. The maximum atomic E-state index is 5.26. The molecule has 0 saturated carbocycles. The van der Waals surface area contributed by atoms with Crippen LogP contribution in [-0.2, 0) is 6.54 Å². The Morgan fingerprint density at radius 2 is 1.78 bits per heavy atom. The Bertz CT molecular complexity index is 597. The van der Waals surface area contributed by atoms with E-state index in [0.717, 1.165) is 25.4 Å². The third kappa shape index (κ3) is 4.34. The van der Waals surface area contributed by atoms with E-state index >= 15 is 0 Å². The van der Waals surface area contributed by atoms with E-state index in [2.05, 4.69) is 71.9 Å². The van der Waals surface area contributed by atoms with E-state index in [0.29, 0.717) is 12.0 Å². The molecule has 3 nitrogen and oxygen atoms in total. The van der Waals surface area contributed by atoms with E-state index in [4.69, 9.17) is 4.74 Å². The van der Waals surface area contributed by atoms with Crippen LogP contribution in [0.3, 0.4) is 0 Å². The Labute approximate surface area is 139 Å². The number of ether oxygens (including phenoxy) is 1. The smallest absolute Gasteiger partial charge is 0.118 e. The largest absolute Gasteiger partial charge is 0.497 e. The second-order valence-electron chi connectivity index (χ2n) is 6.49. The Morgan fingerprint density at radius 1 is 1.04 bits per heavy atom. The zero-order chi connectivity index (χ0) is 16.1. The molecule has 1 N–H and O–H groups in total. The topological polar surface area (TPSA) is 24.5 Å². The molecule has 2 aromatic carbocycles. The molecular weight excluding hydrogens is 284 g/mol. The molecule has 3 rings (SSSR count). The summed E-state index contributed by atoms with van der Waals surface area (Å²) in [5.74, 6) is 1.50. The van der Waals surface area contributed by atoms with Crippen molar-refractivity contribution in [3.05, 3.63) is 65.7 Å². The lowest BCUT2D eigenvalue weighted by Gasteiger charge is -2.36. The lowest BCUT2D eigenvalue weighted by Crippen LogP contribution is -2.46. The maximum Gasteiger partial charge on any atom is 0.118 e. The van der Waals surface area contributed by atoms with Crippen LogP contribution in [0.2, 0.25) is 0 Å². The van der Waals surface area contributed by atoms with E-state index in [1.807, 2.05) is 0 Å². The number of methoxy groups -OCH3 is 1. The summed E-state index contributed by atoms with van der Waals surface area (Å²) in [6.07, 6.45) is 1.18. The average molecular weight is 310 g/mol. The average Bonchev–Trinajstić information content (AvgIpc) is 2.60. The van der Waals surface area contributed by atoms with Crippen LogP contribution < -0.4 is 10.1 Å². The van der Waals surface area contributed by atoms with Gasteiger partial charge in [0.2, 0.25) is 0 Å². The predicted octanol–water partition coefficient (Wildman–Crippen LogP) is 3.27. The van der Waals surface area contributed by atoms with Gasteiger partial charge in [0.05, 0.1) is 7.11 Å². The first kappa shape index (κ1) is 16.0. The van der Waals surface area contributed by atoms with Crippen molar-refractivity contribution in [1.29, 1.82) is 0 Å². The Morgan fingerprint density at radius 3 is 2.48 bits per heavy atom.